The Morgan fingerprint density at radius 3 is 2.07 bits per heavy atom. The van der Waals surface area contributed by atoms with E-state index in [-0.39, 0.29) is 0 Å². The maximum atomic E-state index is 4.89. The van der Waals surface area contributed by atoms with E-state index >= 15 is 0 Å². The van der Waals surface area contributed by atoms with Gasteiger partial charge in [-0.15, -0.1) is 0 Å². The van der Waals surface area contributed by atoms with Crippen LogP contribution in [0.3, 0.4) is 0 Å². The highest BCUT2D eigenvalue weighted by molar-refractivity contribution is 8.00. The first-order valence-electron chi connectivity index (χ1n) is 9.13. The van der Waals surface area contributed by atoms with Crippen LogP contribution in [0.15, 0.2) is 89.4 Å². The van der Waals surface area contributed by atoms with Crippen LogP contribution in [0.5, 0.6) is 0 Å². The van der Waals surface area contributed by atoms with Crippen molar-refractivity contribution in [2.24, 2.45) is 0 Å². The number of H-pyrrole nitrogens is 1. The predicted octanol–water partition coefficient (Wildman–Crippen LogP) is 5.81. The monoisotopic (exact) mass is 404 g/mol. The summed E-state index contributed by atoms with van der Waals surface area (Å²) in [6, 6.07) is 22.6. The molecule has 0 aliphatic heterocycles. The molecule has 2 aromatic carbocycles. The van der Waals surface area contributed by atoms with Crippen LogP contribution < -0.4 is 0 Å². The first kappa shape index (κ1) is 18.8. The zero-order chi connectivity index (χ0) is 19.0. The average Bonchev–Trinajstić information content (AvgIpc) is 3.20. The molecule has 140 valence electrons. The van der Waals surface area contributed by atoms with Crippen molar-refractivity contribution in [3.05, 3.63) is 79.1 Å². The maximum Gasteiger partial charge on any atom is 0.187 e. The van der Waals surface area contributed by atoms with Crippen molar-refractivity contribution in [2.45, 2.75) is 16.7 Å². The highest BCUT2D eigenvalue weighted by atomic mass is 32.2. The summed E-state index contributed by atoms with van der Waals surface area (Å²) < 4.78 is 0. The van der Waals surface area contributed by atoms with Gasteiger partial charge in [0.1, 0.15) is 0 Å². The molecule has 4 rings (SSSR count). The molecule has 0 atom stereocenters. The Labute approximate surface area is 173 Å². The molecule has 2 aromatic heterocycles. The van der Waals surface area contributed by atoms with Gasteiger partial charge in [-0.3, -0.25) is 0 Å². The Bertz CT molecular complexity index is 932. The number of imidazole rings is 1. The minimum atomic E-state index is 0.836. The van der Waals surface area contributed by atoms with Crippen molar-refractivity contribution in [3.8, 4) is 22.5 Å². The minimum Gasteiger partial charge on any atom is -0.332 e. The normalized spacial score (nSPS) is 10.9. The number of thioether (sulfide) groups is 2. The molecular weight excluding hydrogens is 384 g/mol. The van der Waals surface area contributed by atoms with E-state index in [0.29, 0.717) is 0 Å². The number of aromatic amines is 1. The van der Waals surface area contributed by atoms with Crippen molar-refractivity contribution in [3.63, 3.8) is 0 Å². The fourth-order valence-electron chi connectivity index (χ4n) is 2.79. The van der Waals surface area contributed by atoms with Gasteiger partial charge in [-0.2, -0.15) is 0 Å². The number of rotatable bonds is 8. The van der Waals surface area contributed by atoms with Crippen LogP contribution in [-0.2, 0) is 0 Å². The lowest BCUT2D eigenvalue weighted by atomic mass is 10.1. The van der Waals surface area contributed by atoms with Crippen LogP contribution in [0.1, 0.15) is 6.42 Å². The van der Waals surface area contributed by atoms with Gasteiger partial charge in [0.25, 0.3) is 0 Å². The summed E-state index contributed by atoms with van der Waals surface area (Å²) in [6.45, 7) is 0. The Kier molecular flexibility index (Phi) is 6.42. The van der Waals surface area contributed by atoms with E-state index in [0.717, 1.165) is 50.8 Å². The number of aromatic nitrogens is 4. The molecule has 0 aliphatic carbocycles. The molecule has 28 heavy (non-hydrogen) atoms. The van der Waals surface area contributed by atoms with Gasteiger partial charge in [0.15, 0.2) is 10.3 Å². The SMILES string of the molecule is c1ccc(-c2nc(SCCCSc3ncccn3)[nH]c2-c2ccccc2)cc1. The summed E-state index contributed by atoms with van der Waals surface area (Å²) in [6.07, 6.45) is 4.63. The van der Waals surface area contributed by atoms with Gasteiger partial charge in [-0.05, 0) is 12.5 Å². The van der Waals surface area contributed by atoms with E-state index in [1.54, 1.807) is 35.9 Å². The smallest absolute Gasteiger partial charge is 0.187 e. The largest absolute Gasteiger partial charge is 0.332 e. The van der Waals surface area contributed by atoms with E-state index in [4.69, 9.17) is 4.98 Å². The van der Waals surface area contributed by atoms with Crippen molar-refractivity contribution in [1.82, 2.24) is 19.9 Å². The molecule has 0 saturated carbocycles. The third kappa shape index (κ3) is 4.82. The second kappa shape index (κ2) is 9.57. The summed E-state index contributed by atoms with van der Waals surface area (Å²) in [5.74, 6) is 1.99. The molecule has 0 saturated heterocycles. The molecule has 0 fully saturated rings. The van der Waals surface area contributed by atoms with Crippen LogP contribution in [0.2, 0.25) is 0 Å². The van der Waals surface area contributed by atoms with E-state index in [1.165, 1.54) is 0 Å². The number of nitrogens with one attached hydrogen (secondary N) is 1. The quantitative estimate of drug-likeness (QED) is 0.228. The first-order valence-corrected chi connectivity index (χ1v) is 11.1. The van der Waals surface area contributed by atoms with Crippen LogP contribution in [-0.4, -0.2) is 31.4 Å². The van der Waals surface area contributed by atoms with Crippen LogP contribution in [0.25, 0.3) is 22.5 Å². The Morgan fingerprint density at radius 1 is 0.714 bits per heavy atom. The van der Waals surface area contributed by atoms with Gasteiger partial charge < -0.3 is 4.98 Å². The summed E-state index contributed by atoms with van der Waals surface area (Å²) in [5, 5.41) is 1.79. The second-order valence-corrected chi connectivity index (χ2v) is 8.23. The standard InChI is InChI=1S/C22H20N4S2/c1-3-9-17(10-4-1)19-20(18-11-5-2-6-12-18)26-22(25-19)28-16-8-15-27-21-23-13-7-14-24-21/h1-7,9-14H,8,15-16H2,(H,25,26). The van der Waals surface area contributed by atoms with Gasteiger partial charge in [-0.25, -0.2) is 15.0 Å². The molecule has 2 heterocycles. The van der Waals surface area contributed by atoms with Crippen molar-refractivity contribution >= 4 is 23.5 Å². The Balaban J connectivity index is 1.44. The highest BCUT2D eigenvalue weighted by Crippen LogP contribution is 2.32. The lowest BCUT2D eigenvalue weighted by molar-refractivity contribution is 0.961. The van der Waals surface area contributed by atoms with E-state index in [9.17, 15) is 0 Å². The van der Waals surface area contributed by atoms with E-state index < -0.39 is 0 Å². The molecule has 4 nitrogen and oxygen atoms in total. The molecule has 0 aliphatic rings. The van der Waals surface area contributed by atoms with Crippen molar-refractivity contribution in [2.75, 3.05) is 11.5 Å². The molecule has 0 unspecified atom stereocenters. The number of benzene rings is 2. The Morgan fingerprint density at radius 2 is 1.36 bits per heavy atom. The summed E-state index contributed by atoms with van der Waals surface area (Å²) in [5.41, 5.74) is 4.35. The highest BCUT2D eigenvalue weighted by Gasteiger charge is 2.14. The number of hydrogen-bond acceptors (Lipinski definition) is 5. The molecule has 0 radical (unpaired) electrons. The van der Waals surface area contributed by atoms with Gasteiger partial charge >= 0.3 is 0 Å². The van der Waals surface area contributed by atoms with Gasteiger partial charge in [0, 0.05) is 35.0 Å². The molecule has 1 N–H and O–H groups in total. The third-order valence-corrected chi connectivity index (χ3v) is 6.01. The summed E-state index contributed by atoms with van der Waals surface area (Å²) in [4.78, 5) is 16.9. The fraction of sp³-hybridized carbons (Fsp3) is 0.136. The van der Waals surface area contributed by atoms with Crippen LogP contribution in [0, 0.1) is 0 Å². The van der Waals surface area contributed by atoms with Crippen molar-refractivity contribution in [1.29, 1.82) is 0 Å². The van der Waals surface area contributed by atoms with Gasteiger partial charge in [-0.1, -0.05) is 84.2 Å². The molecule has 0 bridgehead atoms. The predicted molar refractivity (Wildman–Crippen MR) is 118 cm³/mol. The fourth-order valence-corrected chi connectivity index (χ4v) is 4.53. The molecular formula is C22H20N4S2. The third-order valence-electron chi connectivity index (χ3n) is 4.09. The molecule has 0 amide bonds. The van der Waals surface area contributed by atoms with Crippen LogP contribution >= 0.6 is 23.5 Å². The summed E-state index contributed by atoms with van der Waals surface area (Å²) in [7, 11) is 0. The first-order chi connectivity index (χ1) is 13.9. The number of nitrogens with zero attached hydrogens (tertiary/aromatic N) is 3. The zero-order valence-corrected chi connectivity index (χ0v) is 16.9. The lowest BCUT2D eigenvalue weighted by Crippen LogP contribution is -1.88. The number of hydrogen-bond donors (Lipinski definition) is 1. The maximum absolute atomic E-state index is 4.89. The topological polar surface area (TPSA) is 54.5 Å². The zero-order valence-electron chi connectivity index (χ0n) is 15.3. The molecule has 4 aromatic rings. The van der Waals surface area contributed by atoms with Gasteiger partial charge in [0.2, 0.25) is 0 Å². The summed E-state index contributed by atoms with van der Waals surface area (Å²) >= 11 is 3.45. The minimum absolute atomic E-state index is 0.836. The van der Waals surface area contributed by atoms with Gasteiger partial charge in [0.05, 0.1) is 11.4 Å². The average molecular weight is 405 g/mol. The van der Waals surface area contributed by atoms with Crippen molar-refractivity contribution < 1.29 is 0 Å². The molecule has 0 spiro atoms. The van der Waals surface area contributed by atoms with E-state index in [2.05, 4.69) is 63.5 Å². The lowest BCUT2D eigenvalue weighted by Gasteiger charge is -2.02. The van der Waals surface area contributed by atoms with E-state index in [1.807, 2.05) is 18.2 Å². The van der Waals surface area contributed by atoms with Crippen LogP contribution in [0.4, 0.5) is 0 Å². The second-order valence-electron chi connectivity index (χ2n) is 6.08. The molecule has 6 heteroatoms. The Hall–Kier alpha value is -2.57.